The monoisotopic (exact) mass is 407 g/mol. The van der Waals surface area contributed by atoms with Gasteiger partial charge in [0.25, 0.3) is 10.0 Å². The van der Waals surface area contributed by atoms with Gasteiger partial charge < -0.3 is 0 Å². The highest BCUT2D eigenvalue weighted by Crippen LogP contribution is 2.22. The van der Waals surface area contributed by atoms with Crippen molar-refractivity contribution < 1.29 is 8.42 Å². The highest BCUT2D eigenvalue weighted by Gasteiger charge is 2.15. The minimum Gasteiger partial charge on any atom is -0.279 e. The van der Waals surface area contributed by atoms with E-state index in [0.29, 0.717) is 10.7 Å². The average Bonchev–Trinajstić information content (AvgIpc) is 2.33. The second kappa shape index (κ2) is 5.68. The molecule has 0 radical (unpaired) electrons. The van der Waals surface area contributed by atoms with Gasteiger partial charge >= 0.3 is 0 Å². The molecule has 0 aliphatic carbocycles. The van der Waals surface area contributed by atoms with Crippen LogP contribution >= 0.6 is 34.2 Å². The Morgan fingerprint density at radius 2 is 1.89 bits per heavy atom. The zero-order chi connectivity index (χ0) is 14.0. The molecule has 0 atom stereocenters. The van der Waals surface area contributed by atoms with E-state index in [4.69, 9.17) is 11.6 Å². The molecule has 0 aliphatic heterocycles. The van der Waals surface area contributed by atoms with Crippen LogP contribution in [0, 0.1) is 10.5 Å². The highest BCUT2D eigenvalue weighted by atomic mass is 127. The molecular formula is C13H11ClINO2S. The van der Waals surface area contributed by atoms with Crippen LogP contribution in [0.4, 0.5) is 5.69 Å². The third-order valence-electron chi connectivity index (χ3n) is 2.54. The Hall–Kier alpha value is -0.790. The van der Waals surface area contributed by atoms with E-state index in [-0.39, 0.29) is 4.90 Å². The first-order valence-corrected chi connectivity index (χ1v) is 8.37. The summed E-state index contributed by atoms with van der Waals surface area (Å²) in [5.41, 5.74) is 1.44. The van der Waals surface area contributed by atoms with Gasteiger partial charge in [-0.25, -0.2) is 8.42 Å². The molecule has 2 aromatic carbocycles. The molecule has 1 N–H and O–H groups in total. The summed E-state index contributed by atoms with van der Waals surface area (Å²) < 4.78 is 28.1. The molecule has 0 unspecified atom stereocenters. The minimum atomic E-state index is -3.61. The van der Waals surface area contributed by atoms with Crippen LogP contribution in [0.3, 0.4) is 0 Å². The van der Waals surface area contributed by atoms with Crippen molar-refractivity contribution >= 4 is 49.9 Å². The molecule has 19 heavy (non-hydrogen) atoms. The van der Waals surface area contributed by atoms with E-state index >= 15 is 0 Å². The van der Waals surface area contributed by atoms with Crippen molar-refractivity contribution in [1.29, 1.82) is 0 Å². The normalized spacial score (nSPS) is 11.3. The largest absolute Gasteiger partial charge is 0.279 e. The fourth-order valence-electron chi connectivity index (χ4n) is 1.58. The number of benzene rings is 2. The van der Waals surface area contributed by atoms with Crippen LogP contribution < -0.4 is 4.72 Å². The number of hydrogen-bond donors (Lipinski definition) is 1. The smallest absolute Gasteiger partial charge is 0.261 e. The maximum absolute atomic E-state index is 12.2. The van der Waals surface area contributed by atoms with E-state index < -0.39 is 10.0 Å². The van der Waals surface area contributed by atoms with E-state index in [1.165, 1.54) is 12.1 Å². The number of rotatable bonds is 3. The first kappa shape index (κ1) is 14.6. The molecule has 0 heterocycles. The van der Waals surface area contributed by atoms with Crippen LogP contribution in [0.2, 0.25) is 5.02 Å². The van der Waals surface area contributed by atoms with E-state index in [9.17, 15) is 8.42 Å². The van der Waals surface area contributed by atoms with E-state index in [1.807, 2.05) is 19.1 Å². The molecule has 0 aromatic heterocycles. The van der Waals surface area contributed by atoms with Crippen LogP contribution in [-0.2, 0) is 10.0 Å². The molecule has 0 saturated carbocycles. The summed E-state index contributed by atoms with van der Waals surface area (Å²) in [5, 5.41) is 0.391. The Bertz CT molecular complexity index is 716. The Morgan fingerprint density at radius 1 is 1.16 bits per heavy atom. The lowest BCUT2D eigenvalue weighted by atomic mass is 10.2. The van der Waals surface area contributed by atoms with Gasteiger partial charge in [-0.05, 0) is 71.5 Å². The van der Waals surface area contributed by atoms with Crippen molar-refractivity contribution in [2.24, 2.45) is 0 Å². The van der Waals surface area contributed by atoms with Gasteiger partial charge in [-0.1, -0.05) is 17.7 Å². The van der Waals surface area contributed by atoms with Crippen molar-refractivity contribution in [3.8, 4) is 0 Å². The summed E-state index contributed by atoms with van der Waals surface area (Å²) in [5.74, 6) is 0. The third-order valence-corrected chi connectivity index (χ3v) is 4.81. The Labute approximate surface area is 131 Å². The predicted molar refractivity (Wildman–Crippen MR) is 86.2 cm³/mol. The summed E-state index contributed by atoms with van der Waals surface area (Å²) in [7, 11) is -3.61. The van der Waals surface area contributed by atoms with Crippen molar-refractivity contribution in [3.63, 3.8) is 0 Å². The molecule has 100 valence electrons. The van der Waals surface area contributed by atoms with E-state index in [0.717, 1.165) is 9.13 Å². The molecule has 0 spiro atoms. The Morgan fingerprint density at radius 3 is 2.53 bits per heavy atom. The first-order chi connectivity index (χ1) is 8.88. The molecule has 6 heteroatoms. The summed E-state index contributed by atoms with van der Waals surface area (Å²) >= 11 is 7.99. The SMILES string of the molecule is Cc1cc(I)ccc1NS(=O)(=O)c1cccc(Cl)c1. The molecule has 0 bridgehead atoms. The lowest BCUT2D eigenvalue weighted by Crippen LogP contribution is -2.13. The number of sulfonamides is 1. The molecule has 0 saturated heterocycles. The van der Waals surface area contributed by atoms with Gasteiger partial charge in [-0.2, -0.15) is 0 Å². The number of anilines is 1. The Balaban J connectivity index is 2.36. The lowest BCUT2D eigenvalue weighted by Gasteiger charge is -2.11. The average molecular weight is 408 g/mol. The molecule has 2 rings (SSSR count). The quantitative estimate of drug-likeness (QED) is 0.780. The number of aryl methyl sites for hydroxylation is 1. The van der Waals surface area contributed by atoms with E-state index in [1.54, 1.807) is 18.2 Å². The van der Waals surface area contributed by atoms with Gasteiger partial charge in [-0.3, -0.25) is 4.72 Å². The van der Waals surface area contributed by atoms with Gasteiger partial charge in [0.15, 0.2) is 0 Å². The fourth-order valence-corrected chi connectivity index (χ4v) is 3.66. The van der Waals surface area contributed by atoms with Gasteiger partial charge in [0.05, 0.1) is 10.6 Å². The second-order valence-corrected chi connectivity index (χ2v) is 7.39. The van der Waals surface area contributed by atoms with Gasteiger partial charge in [0.2, 0.25) is 0 Å². The molecule has 0 fully saturated rings. The molecule has 3 nitrogen and oxygen atoms in total. The summed E-state index contributed by atoms with van der Waals surface area (Å²) in [6.07, 6.45) is 0. The number of hydrogen-bond acceptors (Lipinski definition) is 2. The van der Waals surface area contributed by atoms with Crippen molar-refractivity contribution in [2.45, 2.75) is 11.8 Å². The number of nitrogens with one attached hydrogen (secondary N) is 1. The lowest BCUT2D eigenvalue weighted by molar-refractivity contribution is 0.601. The maximum atomic E-state index is 12.2. The van der Waals surface area contributed by atoms with Gasteiger partial charge in [-0.15, -0.1) is 0 Å². The van der Waals surface area contributed by atoms with Crippen molar-refractivity contribution in [3.05, 3.63) is 56.6 Å². The molecule has 0 amide bonds. The van der Waals surface area contributed by atoms with Gasteiger partial charge in [0, 0.05) is 8.59 Å². The van der Waals surface area contributed by atoms with Crippen LogP contribution in [0.1, 0.15) is 5.56 Å². The van der Waals surface area contributed by atoms with Crippen LogP contribution in [0.5, 0.6) is 0 Å². The van der Waals surface area contributed by atoms with Crippen molar-refractivity contribution in [2.75, 3.05) is 4.72 Å². The standard InChI is InChI=1S/C13H11ClINO2S/c1-9-7-11(15)5-6-13(9)16-19(17,18)12-4-2-3-10(14)8-12/h2-8,16H,1H3. The molecular weight excluding hydrogens is 397 g/mol. The zero-order valence-corrected chi connectivity index (χ0v) is 13.8. The van der Waals surface area contributed by atoms with Crippen LogP contribution in [-0.4, -0.2) is 8.42 Å². The summed E-state index contributed by atoms with van der Waals surface area (Å²) in [6, 6.07) is 11.7. The van der Waals surface area contributed by atoms with Gasteiger partial charge in [0.1, 0.15) is 0 Å². The second-order valence-electron chi connectivity index (χ2n) is 4.02. The molecule has 0 aliphatic rings. The van der Waals surface area contributed by atoms with Crippen molar-refractivity contribution in [1.82, 2.24) is 0 Å². The highest BCUT2D eigenvalue weighted by molar-refractivity contribution is 14.1. The third kappa shape index (κ3) is 3.61. The molecule has 2 aromatic rings. The summed E-state index contributed by atoms with van der Waals surface area (Å²) in [4.78, 5) is 0.151. The van der Waals surface area contributed by atoms with Crippen LogP contribution in [0.15, 0.2) is 47.4 Å². The Kier molecular flexibility index (Phi) is 4.37. The predicted octanol–water partition coefficient (Wildman–Crippen LogP) is 4.05. The zero-order valence-electron chi connectivity index (χ0n) is 10.0. The fraction of sp³-hybridized carbons (Fsp3) is 0.0769. The first-order valence-electron chi connectivity index (χ1n) is 5.43. The maximum Gasteiger partial charge on any atom is 0.261 e. The topological polar surface area (TPSA) is 46.2 Å². The van der Waals surface area contributed by atoms with Crippen LogP contribution in [0.25, 0.3) is 0 Å². The van der Waals surface area contributed by atoms with E-state index in [2.05, 4.69) is 27.3 Å². The minimum absolute atomic E-state index is 0.151. The summed E-state index contributed by atoms with van der Waals surface area (Å²) in [6.45, 7) is 1.86. The number of halogens is 2.